The molecule has 0 bridgehead atoms. The summed E-state index contributed by atoms with van der Waals surface area (Å²) in [5, 5.41) is 9.49. The van der Waals surface area contributed by atoms with Gasteiger partial charge in [0.1, 0.15) is 11.2 Å². The molecule has 0 aliphatic carbocycles. The van der Waals surface area contributed by atoms with Crippen molar-refractivity contribution in [1.82, 2.24) is 0 Å². The van der Waals surface area contributed by atoms with Gasteiger partial charge in [0.05, 0.1) is 0 Å². The fourth-order valence-corrected chi connectivity index (χ4v) is 2.55. The van der Waals surface area contributed by atoms with Crippen LogP contribution < -0.4 is 0 Å². The highest BCUT2D eigenvalue weighted by Crippen LogP contribution is 2.33. The van der Waals surface area contributed by atoms with Crippen molar-refractivity contribution in [3.63, 3.8) is 0 Å². The molecule has 0 aromatic carbocycles. The number of carbonyl (C=O) groups excluding carboxylic acids is 1. The van der Waals surface area contributed by atoms with Gasteiger partial charge >= 0.3 is 5.97 Å². The summed E-state index contributed by atoms with van der Waals surface area (Å²) in [6.07, 6.45) is 9.20. The monoisotopic (exact) mass is 270 g/mol. The quantitative estimate of drug-likeness (QED) is 0.417. The molecule has 1 N–H and O–H groups in total. The summed E-state index contributed by atoms with van der Waals surface area (Å²) in [4.78, 5) is 23.4. The van der Waals surface area contributed by atoms with Crippen molar-refractivity contribution >= 4 is 11.8 Å². The first-order valence-electron chi connectivity index (χ1n) is 7.75. The summed E-state index contributed by atoms with van der Waals surface area (Å²) in [7, 11) is 0. The second-order valence-corrected chi connectivity index (χ2v) is 5.56. The van der Waals surface area contributed by atoms with Crippen molar-refractivity contribution in [2.45, 2.75) is 85.0 Å². The lowest BCUT2D eigenvalue weighted by molar-refractivity contribution is -0.155. The van der Waals surface area contributed by atoms with Gasteiger partial charge in [-0.15, -0.1) is 0 Å². The Morgan fingerprint density at radius 1 is 0.842 bits per heavy atom. The molecule has 3 heteroatoms. The fourth-order valence-electron chi connectivity index (χ4n) is 2.55. The van der Waals surface area contributed by atoms with Gasteiger partial charge < -0.3 is 5.11 Å². The molecule has 3 nitrogen and oxygen atoms in total. The smallest absolute Gasteiger partial charge is 0.317 e. The van der Waals surface area contributed by atoms with Gasteiger partial charge in [-0.2, -0.15) is 0 Å². The number of hydrogen-bond donors (Lipinski definition) is 1. The number of carboxylic acid groups (broad SMARTS) is 1. The highest BCUT2D eigenvalue weighted by atomic mass is 16.4. The highest BCUT2D eigenvalue weighted by Gasteiger charge is 2.41. The SMILES string of the molecule is CCCCCCC(CCCCCC)(C(C)=O)C(=O)O. The summed E-state index contributed by atoms with van der Waals surface area (Å²) in [6, 6.07) is 0. The van der Waals surface area contributed by atoms with Gasteiger partial charge in [0.15, 0.2) is 0 Å². The first kappa shape index (κ1) is 18.1. The van der Waals surface area contributed by atoms with Crippen LogP contribution in [0.25, 0.3) is 0 Å². The maximum absolute atomic E-state index is 11.9. The van der Waals surface area contributed by atoms with Crippen LogP contribution in [0.4, 0.5) is 0 Å². The van der Waals surface area contributed by atoms with E-state index in [4.69, 9.17) is 0 Å². The molecule has 0 spiro atoms. The minimum absolute atomic E-state index is 0.173. The molecular formula is C16H30O3. The third-order valence-corrected chi connectivity index (χ3v) is 4.00. The number of carbonyl (C=O) groups is 2. The molecule has 0 atom stereocenters. The molecule has 112 valence electrons. The normalized spacial score (nSPS) is 11.5. The number of aliphatic carboxylic acids is 1. The van der Waals surface area contributed by atoms with Crippen molar-refractivity contribution in [1.29, 1.82) is 0 Å². The van der Waals surface area contributed by atoms with Gasteiger partial charge in [0.25, 0.3) is 0 Å². The molecule has 0 aliphatic rings. The Bertz CT molecular complexity index is 243. The Balaban J connectivity index is 4.51. The molecule has 0 rings (SSSR count). The molecule has 0 saturated carbocycles. The summed E-state index contributed by atoms with van der Waals surface area (Å²) in [5.74, 6) is -1.10. The fraction of sp³-hybridized carbons (Fsp3) is 0.875. The second-order valence-electron chi connectivity index (χ2n) is 5.56. The lowest BCUT2D eigenvalue weighted by Crippen LogP contribution is -2.38. The van der Waals surface area contributed by atoms with E-state index in [-0.39, 0.29) is 5.78 Å². The van der Waals surface area contributed by atoms with Gasteiger partial charge in [0, 0.05) is 0 Å². The molecule has 0 aromatic heterocycles. The third kappa shape index (κ3) is 6.22. The molecule has 19 heavy (non-hydrogen) atoms. The van der Waals surface area contributed by atoms with Crippen LogP contribution in [-0.2, 0) is 9.59 Å². The van der Waals surface area contributed by atoms with E-state index >= 15 is 0 Å². The maximum atomic E-state index is 11.9. The van der Waals surface area contributed by atoms with E-state index in [0.717, 1.165) is 51.4 Å². The number of hydrogen-bond acceptors (Lipinski definition) is 2. The number of ketones is 1. The lowest BCUT2D eigenvalue weighted by atomic mass is 9.75. The van der Waals surface area contributed by atoms with Gasteiger partial charge in [-0.3, -0.25) is 9.59 Å². The van der Waals surface area contributed by atoms with Crippen molar-refractivity contribution in [2.75, 3.05) is 0 Å². The summed E-state index contributed by atoms with van der Waals surface area (Å²) in [5.41, 5.74) is -1.12. The van der Waals surface area contributed by atoms with E-state index in [1.807, 2.05) is 0 Å². The summed E-state index contributed by atoms with van der Waals surface area (Å²) >= 11 is 0. The van der Waals surface area contributed by atoms with Crippen molar-refractivity contribution < 1.29 is 14.7 Å². The van der Waals surface area contributed by atoms with Gasteiger partial charge in [-0.05, 0) is 19.8 Å². The molecule has 0 fully saturated rings. The van der Waals surface area contributed by atoms with Crippen molar-refractivity contribution in [3.05, 3.63) is 0 Å². The van der Waals surface area contributed by atoms with Crippen LogP contribution in [0.5, 0.6) is 0 Å². The highest BCUT2D eigenvalue weighted by molar-refractivity contribution is 6.01. The van der Waals surface area contributed by atoms with Crippen LogP contribution in [0.15, 0.2) is 0 Å². The molecule has 0 aromatic rings. The average Bonchev–Trinajstić information content (AvgIpc) is 2.36. The van der Waals surface area contributed by atoms with E-state index in [9.17, 15) is 14.7 Å². The van der Waals surface area contributed by atoms with Crippen LogP contribution in [-0.4, -0.2) is 16.9 Å². The molecule has 0 saturated heterocycles. The zero-order chi connectivity index (χ0) is 14.7. The van der Waals surface area contributed by atoms with Gasteiger partial charge in [-0.1, -0.05) is 65.2 Å². The predicted octanol–water partition coefficient (Wildman–Crippen LogP) is 4.59. The number of unbranched alkanes of at least 4 members (excludes halogenated alkanes) is 6. The van der Waals surface area contributed by atoms with Crippen molar-refractivity contribution in [2.24, 2.45) is 5.41 Å². The first-order chi connectivity index (χ1) is 9.01. The third-order valence-electron chi connectivity index (χ3n) is 4.00. The minimum atomic E-state index is -1.12. The predicted molar refractivity (Wildman–Crippen MR) is 78.3 cm³/mol. The standard InChI is InChI=1S/C16H30O3/c1-4-6-8-10-12-16(14(3)17,15(18)19)13-11-9-7-5-2/h4-13H2,1-3H3,(H,18,19). The van der Waals surface area contributed by atoms with E-state index in [1.54, 1.807) is 0 Å². The van der Waals surface area contributed by atoms with Crippen molar-refractivity contribution in [3.8, 4) is 0 Å². The number of carboxylic acids is 1. The Morgan fingerprint density at radius 3 is 1.53 bits per heavy atom. The van der Waals surface area contributed by atoms with E-state index < -0.39 is 11.4 Å². The molecule has 0 amide bonds. The Hall–Kier alpha value is -0.860. The average molecular weight is 270 g/mol. The summed E-state index contributed by atoms with van der Waals surface area (Å²) < 4.78 is 0. The topological polar surface area (TPSA) is 54.4 Å². The Labute approximate surface area is 117 Å². The van der Waals surface area contributed by atoms with Crippen LogP contribution in [0, 0.1) is 5.41 Å². The largest absolute Gasteiger partial charge is 0.480 e. The minimum Gasteiger partial charge on any atom is -0.480 e. The molecule has 0 heterocycles. The zero-order valence-corrected chi connectivity index (χ0v) is 12.8. The van der Waals surface area contributed by atoms with Crippen LogP contribution in [0.2, 0.25) is 0 Å². The molecular weight excluding hydrogens is 240 g/mol. The molecule has 0 radical (unpaired) electrons. The van der Waals surface area contributed by atoms with Gasteiger partial charge in [0.2, 0.25) is 0 Å². The van der Waals surface area contributed by atoms with Gasteiger partial charge in [-0.25, -0.2) is 0 Å². The van der Waals surface area contributed by atoms with E-state index in [0.29, 0.717) is 12.8 Å². The molecule has 0 unspecified atom stereocenters. The maximum Gasteiger partial charge on any atom is 0.317 e. The van der Waals surface area contributed by atoms with E-state index in [1.165, 1.54) is 6.92 Å². The Kier molecular flexibility index (Phi) is 9.54. The zero-order valence-electron chi connectivity index (χ0n) is 12.8. The molecule has 0 aliphatic heterocycles. The Morgan fingerprint density at radius 2 is 1.26 bits per heavy atom. The van der Waals surface area contributed by atoms with Crippen LogP contribution >= 0.6 is 0 Å². The number of rotatable bonds is 12. The summed E-state index contributed by atoms with van der Waals surface area (Å²) in [6.45, 7) is 5.69. The number of Topliss-reactive ketones (excluding diaryl/α,β-unsaturated/α-hetero) is 1. The van der Waals surface area contributed by atoms with Crippen LogP contribution in [0.1, 0.15) is 85.0 Å². The van der Waals surface area contributed by atoms with E-state index in [2.05, 4.69) is 13.8 Å². The second kappa shape index (κ2) is 9.99. The van der Waals surface area contributed by atoms with Crippen LogP contribution in [0.3, 0.4) is 0 Å². The first-order valence-corrected chi connectivity index (χ1v) is 7.75. The lowest BCUT2D eigenvalue weighted by Gasteiger charge is -2.26.